The van der Waals surface area contributed by atoms with E-state index in [1.54, 1.807) is 6.26 Å². The average molecular weight is 84.1 g/mol. The fourth-order valence-electron chi connectivity index (χ4n) is 0.340. The number of rotatable bonds is 0. The number of hydrogen-bond acceptors (Lipinski definition) is 1. The van der Waals surface area contributed by atoms with Gasteiger partial charge >= 0.3 is 0 Å². The van der Waals surface area contributed by atoms with Crippen molar-refractivity contribution in [2.24, 2.45) is 0 Å². The fraction of sp³-hybridized carbons (Fsp3) is 0.600. The molecular formula is C5H8O. The van der Waals surface area contributed by atoms with E-state index in [-0.39, 0.29) is 0 Å². The van der Waals surface area contributed by atoms with Gasteiger partial charge in [0, 0.05) is 5.57 Å². The summed E-state index contributed by atoms with van der Waals surface area (Å²) >= 11 is 0. The van der Waals surface area contributed by atoms with Crippen LogP contribution in [-0.2, 0) is 4.74 Å². The summed E-state index contributed by atoms with van der Waals surface area (Å²) in [5, 5.41) is 0. The highest BCUT2D eigenvalue weighted by Gasteiger charge is 2.10. The molecule has 1 atom stereocenters. The molecule has 0 aromatic heterocycles. The number of ether oxygens (including phenoxy) is 1. The predicted octanol–water partition coefficient (Wildman–Crippen LogP) is 1.31. The first-order valence-corrected chi connectivity index (χ1v) is 2.13. The van der Waals surface area contributed by atoms with Crippen molar-refractivity contribution in [1.29, 1.82) is 0 Å². The van der Waals surface area contributed by atoms with Crippen molar-refractivity contribution in [3.8, 4) is 0 Å². The van der Waals surface area contributed by atoms with E-state index in [2.05, 4.69) is 6.92 Å². The molecule has 0 spiro atoms. The molecule has 1 heterocycles. The highest BCUT2D eigenvalue weighted by atomic mass is 16.5. The summed E-state index contributed by atoms with van der Waals surface area (Å²) in [5.74, 6) is 0. The van der Waals surface area contributed by atoms with Crippen molar-refractivity contribution < 1.29 is 4.74 Å². The van der Waals surface area contributed by atoms with Crippen LogP contribution >= 0.6 is 0 Å². The molecule has 0 amide bonds. The second-order valence-corrected chi connectivity index (χ2v) is 1.64. The summed E-state index contributed by atoms with van der Waals surface area (Å²) in [7, 11) is 0. The second-order valence-electron chi connectivity index (χ2n) is 1.64. The van der Waals surface area contributed by atoms with Gasteiger partial charge in [0.1, 0.15) is 6.10 Å². The summed E-state index contributed by atoms with van der Waals surface area (Å²) in [6, 6.07) is 0. The third-order valence-electron chi connectivity index (χ3n) is 1.10. The molecule has 1 nitrogen and oxygen atoms in total. The van der Waals surface area contributed by atoms with Gasteiger partial charge in [0.15, 0.2) is 0 Å². The minimum absolute atomic E-state index is 0.394. The van der Waals surface area contributed by atoms with Crippen molar-refractivity contribution in [2.75, 3.05) is 0 Å². The zero-order valence-electron chi connectivity index (χ0n) is 4.06. The summed E-state index contributed by atoms with van der Waals surface area (Å²) in [6.45, 7) is 4.10. The summed E-state index contributed by atoms with van der Waals surface area (Å²) < 4.78 is 4.88. The fourth-order valence-corrected chi connectivity index (χ4v) is 0.340. The van der Waals surface area contributed by atoms with Crippen LogP contribution in [0.5, 0.6) is 0 Å². The van der Waals surface area contributed by atoms with Gasteiger partial charge in [-0.3, -0.25) is 0 Å². The highest BCUT2D eigenvalue weighted by Crippen LogP contribution is 2.14. The lowest BCUT2D eigenvalue weighted by Gasteiger charge is -2.20. The van der Waals surface area contributed by atoms with E-state index in [1.165, 1.54) is 5.57 Å². The van der Waals surface area contributed by atoms with E-state index >= 15 is 0 Å². The molecule has 0 aliphatic carbocycles. The summed E-state index contributed by atoms with van der Waals surface area (Å²) in [4.78, 5) is 0. The van der Waals surface area contributed by atoms with Gasteiger partial charge < -0.3 is 4.74 Å². The first-order valence-electron chi connectivity index (χ1n) is 2.13. The molecule has 0 saturated carbocycles. The molecule has 0 aromatic carbocycles. The smallest absolute Gasteiger partial charge is 0.119 e. The maximum atomic E-state index is 4.88. The Hall–Kier alpha value is -0.460. The molecule has 0 bridgehead atoms. The Kier molecular flexibility index (Phi) is 0.621. The first kappa shape index (κ1) is 3.72. The van der Waals surface area contributed by atoms with Crippen LogP contribution in [0.1, 0.15) is 13.8 Å². The first-order chi connectivity index (χ1) is 2.80. The predicted molar refractivity (Wildman–Crippen MR) is 24.3 cm³/mol. The maximum Gasteiger partial charge on any atom is 0.119 e. The Morgan fingerprint density at radius 1 is 1.83 bits per heavy atom. The molecule has 1 aliphatic rings. The van der Waals surface area contributed by atoms with E-state index in [0.717, 1.165) is 0 Å². The van der Waals surface area contributed by atoms with Gasteiger partial charge in [0.2, 0.25) is 0 Å². The largest absolute Gasteiger partial charge is 0.494 e. The zero-order chi connectivity index (χ0) is 4.57. The lowest BCUT2D eigenvalue weighted by molar-refractivity contribution is 0.138. The minimum Gasteiger partial charge on any atom is -0.494 e. The average Bonchev–Trinajstić information content (AvgIpc) is 1.61. The van der Waals surface area contributed by atoms with E-state index < -0.39 is 0 Å². The third-order valence-corrected chi connectivity index (χ3v) is 1.10. The molecule has 1 rings (SSSR count). The van der Waals surface area contributed by atoms with Gasteiger partial charge in [0.05, 0.1) is 6.26 Å². The Balaban J connectivity index is 2.51. The lowest BCUT2D eigenvalue weighted by Crippen LogP contribution is -2.14. The summed E-state index contributed by atoms with van der Waals surface area (Å²) in [6.07, 6.45) is 2.18. The molecule has 0 radical (unpaired) electrons. The van der Waals surface area contributed by atoms with Crippen LogP contribution in [0, 0.1) is 0 Å². The minimum atomic E-state index is 0.394. The molecule has 1 unspecified atom stereocenters. The summed E-state index contributed by atoms with van der Waals surface area (Å²) in [5.41, 5.74) is 1.34. The van der Waals surface area contributed by atoms with Crippen LogP contribution in [-0.4, -0.2) is 6.10 Å². The maximum absolute atomic E-state index is 4.88. The molecule has 0 aromatic rings. The Bertz CT molecular complexity index is 83.9. The van der Waals surface area contributed by atoms with Crippen LogP contribution in [0.3, 0.4) is 0 Å². The third kappa shape index (κ3) is 0.313. The normalized spacial score (nSPS) is 30.3. The van der Waals surface area contributed by atoms with Gasteiger partial charge in [-0.15, -0.1) is 0 Å². The molecular weight excluding hydrogens is 76.1 g/mol. The Morgan fingerprint density at radius 3 is 2.33 bits per heavy atom. The van der Waals surface area contributed by atoms with Crippen LogP contribution in [0.15, 0.2) is 11.8 Å². The van der Waals surface area contributed by atoms with Crippen molar-refractivity contribution >= 4 is 0 Å². The van der Waals surface area contributed by atoms with Crippen molar-refractivity contribution in [2.45, 2.75) is 20.0 Å². The molecule has 6 heavy (non-hydrogen) atoms. The van der Waals surface area contributed by atoms with E-state index in [1.807, 2.05) is 6.92 Å². The van der Waals surface area contributed by atoms with Crippen LogP contribution in [0.4, 0.5) is 0 Å². The van der Waals surface area contributed by atoms with Gasteiger partial charge in [0.25, 0.3) is 0 Å². The molecule has 1 aliphatic heterocycles. The lowest BCUT2D eigenvalue weighted by atomic mass is 10.2. The van der Waals surface area contributed by atoms with E-state index in [0.29, 0.717) is 6.10 Å². The SMILES string of the molecule is CC1=COC1C. The molecule has 0 fully saturated rings. The monoisotopic (exact) mass is 84.1 g/mol. The van der Waals surface area contributed by atoms with Gasteiger partial charge in [-0.25, -0.2) is 0 Å². The van der Waals surface area contributed by atoms with Gasteiger partial charge in [-0.05, 0) is 13.8 Å². The van der Waals surface area contributed by atoms with Gasteiger partial charge in [-0.2, -0.15) is 0 Å². The molecule has 0 saturated heterocycles. The van der Waals surface area contributed by atoms with E-state index in [4.69, 9.17) is 4.74 Å². The van der Waals surface area contributed by atoms with Crippen LogP contribution in [0.2, 0.25) is 0 Å². The molecule has 0 N–H and O–H groups in total. The molecule has 34 valence electrons. The topological polar surface area (TPSA) is 9.23 Å². The Morgan fingerprint density at radius 2 is 2.33 bits per heavy atom. The highest BCUT2D eigenvalue weighted by molar-refractivity contribution is 5.07. The second kappa shape index (κ2) is 1.00. The zero-order valence-corrected chi connectivity index (χ0v) is 4.06. The number of hydrogen-bond donors (Lipinski definition) is 0. The Labute approximate surface area is 37.6 Å². The van der Waals surface area contributed by atoms with Crippen molar-refractivity contribution in [3.05, 3.63) is 11.8 Å². The van der Waals surface area contributed by atoms with Crippen molar-refractivity contribution in [1.82, 2.24) is 0 Å². The van der Waals surface area contributed by atoms with Gasteiger partial charge in [-0.1, -0.05) is 0 Å². The quantitative estimate of drug-likeness (QED) is 0.430. The van der Waals surface area contributed by atoms with Crippen LogP contribution < -0.4 is 0 Å². The van der Waals surface area contributed by atoms with Crippen molar-refractivity contribution in [3.63, 3.8) is 0 Å². The molecule has 1 heteroatoms. The van der Waals surface area contributed by atoms with E-state index in [9.17, 15) is 0 Å². The standard InChI is InChI=1S/C5H8O/c1-4-3-6-5(4)2/h3,5H,1-2H3. The van der Waals surface area contributed by atoms with Crippen LogP contribution in [0.25, 0.3) is 0 Å².